The number of rotatable bonds is 20. The van der Waals surface area contributed by atoms with Crippen molar-refractivity contribution >= 4 is 118 Å². The summed E-state index contributed by atoms with van der Waals surface area (Å²) in [6.07, 6.45) is -5.60. The summed E-state index contributed by atoms with van der Waals surface area (Å²) in [5.74, 6) is -12.2. The molecule has 11 rings (SSSR count). The number of amides is 7. The highest BCUT2D eigenvalue weighted by atomic mass is 35.5. The van der Waals surface area contributed by atoms with Gasteiger partial charge in [-0.15, -0.1) is 0 Å². The van der Waals surface area contributed by atoms with E-state index in [0.29, 0.717) is 5.56 Å². The molecule has 5 heterocycles. The molecule has 5 aliphatic heterocycles. The molecule has 680 valence electrons. The largest absolute Gasteiger partial charge is 0.543 e. The van der Waals surface area contributed by atoms with E-state index in [1.165, 1.54) is 49.5 Å². The van der Waals surface area contributed by atoms with E-state index in [4.69, 9.17) is 65.3 Å². The highest BCUT2D eigenvalue weighted by Gasteiger charge is 2.51. The van der Waals surface area contributed by atoms with Crippen LogP contribution in [-0.2, 0) is 58.6 Å². The number of hydrogen-bond donors (Lipinski definition) is 8. The number of likely N-dealkylation sites (N-methyl/N-ethyl adjacent to an activating group) is 1. The van der Waals surface area contributed by atoms with Crippen molar-refractivity contribution in [1.82, 2.24) is 31.5 Å². The summed E-state index contributed by atoms with van der Waals surface area (Å²) < 4.78 is 55.8. The van der Waals surface area contributed by atoms with E-state index in [0.717, 1.165) is 4.90 Å². The third kappa shape index (κ3) is 22.9. The number of phenolic OH excluding ortho intramolecular Hbond substituents is 1. The Balaban J connectivity index is 1.38. The van der Waals surface area contributed by atoms with Gasteiger partial charge in [0, 0.05) is 36.2 Å². The first-order valence-corrected chi connectivity index (χ1v) is 57.7. The van der Waals surface area contributed by atoms with Crippen LogP contribution in [0.2, 0.25) is 101 Å². The van der Waals surface area contributed by atoms with Gasteiger partial charge in [0.15, 0.2) is 40.0 Å². The highest BCUT2D eigenvalue weighted by molar-refractivity contribution is 6.76. The van der Waals surface area contributed by atoms with Crippen LogP contribution in [0.3, 0.4) is 0 Å². The van der Waals surface area contributed by atoms with Crippen molar-refractivity contribution in [2.45, 2.75) is 283 Å². The first kappa shape index (κ1) is 99.7. The average molecular weight is 1850 g/mol. The predicted molar refractivity (Wildman–Crippen MR) is 497 cm³/mol. The Labute approximate surface area is 751 Å². The van der Waals surface area contributed by atoms with Gasteiger partial charge in [-0.2, -0.15) is 0 Å². The van der Waals surface area contributed by atoms with Gasteiger partial charge in [-0.05, 0) is 185 Å². The Bertz CT molecular complexity index is 5110. The molecule has 33 heteroatoms. The molecule has 6 aromatic carbocycles. The van der Waals surface area contributed by atoms with E-state index < -0.39 is 205 Å². The molecule has 11 bridgehead atoms. The Morgan fingerprint density at radius 3 is 1.54 bits per heavy atom. The Morgan fingerprint density at radius 2 is 1.04 bits per heavy atom. The van der Waals surface area contributed by atoms with Gasteiger partial charge in [0.05, 0.1) is 34.6 Å². The quantitative estimate of drug-likeness (QED) is 0.0329. The van der Waals surface area contributed by atoms with E-state index >= 15 is 28.8 Å². The number of ether oxygens (including phenoxy) is 3. The number of aromatic hydroxyl groups is 1. The zero-order valence-corrected chi connectivity index (χ0v) is 84.1. The number of nitrogens with two attached hydrogens (primary N) is 1. The molecular weight excluding hydrogens is 1720 g/mol. The maximum Gasteiger partial charge on any atom is 0.410 e. The van der Waals surface area contributed by atoms with Gasteiger partial charge in [-0.3, -0.25) is 38.5 Å². The fourth-order valence-electron chi connectivity index (χ4n) is 13.3. The number of phenols is 1. The molecule has 0 aliphatic carbocycles. The van der Waals surface area contributed by atoms with Crippen LogP contribution in [0, 0.1) is 11.8 Å². The predicted octanol–water partition coefficient (Wildman–Crippen LogP) is 19.6. The number of fused-ring (bicyclic) bond motifs is 15. The molecular formula is C92H129Cl2N7O19Si5. The van der Waals surface area contributed by atoms with E-state index in [9.17, 15) is 24.6 Å². The molecule has 0 unspecified atom stereocenters. The summed E-state index contributed by atoms with van der Waals surface area (Å²) >= 11 is 14.9. The van der Waals surface area contributed by atoms with Crippen LogP contribution >= 0.6 is 23.2 Å². The lowest BCUT2D eigenvalue weighted by Crippen LogP contribution is -2.60. The van der Waals surface area contributed by atoms with Crippen molar-refractivity contribution in [3.8, 4) is 57.1 Å². The summed E-state index contributed by atoms with van der Waals surface area (Å²) in [6.45, 7) is 53.7. The Kier molecular flexibility index (Phi) is 29.8. The summed E-state index contributed by atoms with van der Waals surface area (Å²) in [6, 6.07) is 17.1. The second-order valence-electron chi connectivity index (χ2n) is 41.2. The van der Waals surface area contributed by atoms with Crippen molar-refractivity contribution in [2.24, 2.45) is 17.6 Å². The highest BCUT2D eigenvalue weighted by Crippen LogP contribution is 2.54. The maximum absolute atomic E-state index is 16.9. The van der Waals surface area contributed by atoms with E-state index in [2.05, 4.69) is 81.2 Å². The number of carboxylic acids is 1. The van der Waals surface area contributed by atoms with Crippen LogP contribution < -0.4 is 55.1 Å². The summed E-state index contributed by atoms with van der Waals surface area (Å²) in [5, 5.41) is 36.3. The van der Waals surface area contributed by atoms with Crippen LogP contribution in [0.25, 0.3) is 11.1 Å². The molecule has 6 aromatic rings. The summed E-state index contributed by atoms with van der Waals surface area (Å²) in [4.78, 5) is 142. The van der Waals surface area contributed by atoms with E-state index in [1.54, 1.807) is 60.7 Å². The molecule has 5 aliphatic rings. The lowest BCUT2D eigenvalue weighted by molar-refractivity contribution is -0.144. The Morgan fingerprint density at radius 1 is 0.552 bits per heavy atom. The number of primary amides is 1. The number of hydrogen-bond acceptors (Lipinski definition) is 18. The number of nitrogens with zero attached hydrogens (tertiary/aromatic N) is 1. The standard InChI is InChI=1S/C92H129Cl2N7O19Si5/c1-51(2)40-64(101(18)87(112)113-50-52-32-30-29-31-33-52)83(107)100-77-80(120-125(27,28)92(15,16)17)55-36-39-68(62(94)43-55)115-71-45-56-44-70(78(71)104)114-67-38-35-54(42-61(67)93)79(119-124(25,26)91(12,13)14)60-48-65(102)74(97-84(108)75(56)98-82(106)63(49-72(95)103)96-85(77)109)53-34-37-66(117-122(21,22)89(6,7)8)58(41-53)73-59(76(86(110)111)99-81(60)105)46-57(116-121(19,20)88(3,4)5)47-69(73)118-123(23,24)90(9,10)11/h29-39,41-47,51,60,63-64,74-77,79-80,104H,40,48-50H2,1-28H3,(H2,95,103)(H,96,109)(H,97,108)(H,98,106)(H,99,105)(H,100,107)(H,110,111)/t60-,63-,64+,74+,75+,76-,77+,79-,80+/m0/s1. The average Bonchev–Trinajstić information content (AvgIpc) is 0.739. The first-order valence-electron chi connectivity index (χ1n) is 42.4. The van der Waals surface area contributed by atoms with Crippen LogP contribution in [0.1, 0.15) is 201 Å². The number of nitrogens with one attached hydrogen (secondary N) is 5. The SMILES string of the molecule is CC(C)C[C@H](C(=O)N[C@H]1C(=O)N[C@@H](CC(N)=O)C(=O)N[C@H]2C(=O)N[C@H]3C(=O)C[C@H](C(=O)N[C@H](C(=O)O)c4cc(O[Si](C)(C)C(C)(C)C)cc(O[Si](C)(C)C(C)(C)C)c4-c4cc3ccc4O[Si](C)(C)C(C)(C)C)[C@@H](O[Si](C)(C)C(C)(C)C)c3ccc(c(Cl)c3)Oc3cc2cc(c3O)Oc2ccc(cc2Cl)[C@H]1O[Si](C)(C)C(C)(C)C)N(C)C(=O)OCc1ccccc1. The number of halogens is 2. The number of Topliss-reactive ketones (excluding diaryl/α,β-unsaturated/α-hetero) is 1. The lowest BCUT2D eigenvalue weighted by Gasteiger charge is -2.42. The van der Waals surface area contributed by atoms with E-state index in [1.807, 2.05) is 135 Å². The molecule has 0 saturated heterocycles. The molecule has 125 heavy (non-hydrogen) atoms. The number of carboxylic acid groups (broad SMARTS) is 1. The zero-order chi connectivity index (χ0) is 93.7. The van der Waals surface area contributed by atoms with Gasteiger partial charge in [-0.25, -0.2) is 9.59 Å². The minimum atomic E-state index is -3.21. The van der Waals surface area contributed by atoms with Gasteiger partial charge < -0.3 is 78.9 Å². The van der Waals surface area contributed by atoms with Crippen molar-refractivity contribution in [3.05, 3.63) is 153 Å². The first-order chi connectivity index (χ1) is 57.3. The molecule has 0 aromatic heterocycles. The van der Waals surface area contributed by atoms with Crippen molar-refractivity contribution in [1.29, 1.82) is 0 Å². The second kappa shape index (κ2) is 37.3. The minimum Gasteiger partial charge on any atom is -0.543 e. The number of carbonyl (C=O) groups excluding carboxylic acids is 8. The van der Waals surface area contributed by atoms with Crippen molar-refractivity contribution < 1.29 is 89.7 Å². The van der Waals surface area contributed by atoms with Gasteiger partial charge in [0.1, 0.15) is 65.6 Å². The monoisotopic (exact) mass is 1850 g/mol. The fraction of sp³-hybridized carbons (Fsp3) is 0.511. The zero-order valence-electron chi connectivity index (χ0n) is 77.6. The smallest absolute Gasteiger partial charge is 0.410 e. The maximum atomic E-state index is 16.9. The molecule has 9 N–H and O–H groups in total. The topological polar surface area (TPSA) is 357 Å². The third-order valence-electron chi connectivity index (χ3n) is 26.1. The summed E-state index contributed by atoms with van der Waals surface area (Å²) in [5.41, 5.74) is 7.28. The van der Waals surface area contributed by atoms with Gasteiger partial charge in [0.25, 0.3) is 16.6 Å². The van der Waals surface area contributed by atoms with Crippen LogP contribution in [0.4, 0.5) is 4.79 Å². The molecule has 0 fully saturated rings. The molecule has 9 atom stereocenters. The lowest BCUT2D eigenvalue weighted by atomic mass is 9.84. The molecule has 0 radical (unpaired) electrons. The van der Waals surface area contributed by atoms with Gasteiger partial charge in [-0.1, -0.05) is 189 Å². The van der Waals surface area contributed by atoms with Gasteiger partial charge in [0.2, 0.25) is 49.5 Å². The molecule has 7 amide bonds. The summed E-state index contributed by atoms with van der Waals surface area (Å²) in [7, 11) is -14.0. The van der Waals surface area contributed by atoms with E-state index in [-0.39, 0.29) is 96.7 Å². The van der Waals surface area contributed by atoms with Crippen molar-refractivity contribution in [3.63, 3.8) is 0 Å². The number of aliphatic carboxylic acids is 1. The van der Waals surface area contributed by atoms with Crippen LogP contribution in [0.15, 0.2) is 109 Å². The van der Waals surface area contributed by atoms with Crippen LogP contribution in [-0.4, -0.2) is 135 Å². The number of carbonyl (C=O) groups is 9. The van der Waals surface area contributed by atoms with Gasteiger partial charge >= 0.3 is 12.1 Å². The molecule has 26 nitrogen and oxygen atoms in total. The molecule has 0 saturated carbocycles. The number of ketones is 1. The minimum absolute atomic E-state index is 0.00423. The fourth-order valence-corrected chi connectivity index (χ4v) is 19.4. The third-order valence-corrected chi connectivity index (χ3v) is 48.6. The Hall–Kier alpha value is -9.07. The normalized spacial score (nSPS) is 20.0. The van der Waals surface area contributed by atoms with Crippen LogP contribution in [0.5, 0.6) is 46.0 Å². The number of benzene rings is 6. The van der Waals surface area contributed by atoms with Crippen molar-refractivity contribution in [2.75, 3.05) is 7.05 Å². The second-order valence-corrected chi connectivity index (χ2v) is 65.7. The molecule has 0 spiro atoms.